The van der Waals surface area contributed by atoms with Crippen molar-refractivity contribution < 1.29 is 23.4 Å². The molecule has 2 aromatic carbocycles. The lowest BCUT2D eigenvalue weighted by molar-refractivity contribution is -0.111. The first-order valence-corrected chi connectivity index (χ1v) is 7.94. The number of amides is 1. The monoisotopic (exact) mass is 334 g/mol. The summed E-state index contributed by atoms with van der Waals surface area (Å²) in [5, 5.41) is 26.1. The topological polar surface area (TPSA) is 130 Å². The molecule has 5 N–H and O–H groups in total. The van der Waals surface area contributed by atoms with E-state index in [0.717, 1.165) is 0 Å². The molecule has 0 unspecified atom stereocenters. The Bertz CT molecular complexity index is 858. The Morgan fingerprint density at radius 3 is 2.26 bits per heavy atom. The van der Waals surface area contributed by atoms with Crippen molar-refractivity contribution >= 4 is 27.7 Å². The lowest BCUT2D eigenvalue weighted by Gasteiger charge is -2.03. The fraction of sp³-hybridized carbons (Fsp3) is 0. The van der Waals surface area contributed by atoms with E-state index in [-0.39, 0.29) is 16.4 Å². The van der Waals surface area contributed by atoms with E-state index < -0.39 is 15.9 Å². The molecule has 0 aliphatic heterocycles. The molecule has 0 aliphatic carbocycles. The zero-order chi connectivity index (χ0) is 17.0. The molecule has 8 heteroatoms. The van der Waals surface area contributed by atoms with Gasteiger partial charge in [-0.3, -0.25) is 4.79 Å². The van der Waals surface area contributed by atoms with Gasteiger partial charge in [-0.15, -0.1) is 0 Å². The highest BCUT2D eigenvalue weighted by Crippen LogP contribution is 2.25. The van der Waals surface area contributed by atoms with Crippen molar-refractivity contribution in [2.45, 2.75) is 4.90 Å². The Morgan fingerprint density at radius 2 is 1.70 bits per heavy atom. The second-order valence-electron chi connectivity index (χ2n) is 4.64. The third-order valence-corrected chi connectivity index (χ3v) is 3.81. The molecule has 0 heterocycles. The number of aromatic hydroxyl groups is 2. The van der Waals surface area contributed by atoms with Gasteiger partial charge in [0.25, 0.3) is 0 Å². The number of primary sulfonamides is 1. The van der Waals surface area contributed by atoms with Gasteiger partial charge in [0.1, 0.15) is 0 Å². The van der Waals surface area contributed by atoms with Crippen LogP contribution < -0.4 is 10.5 Å². The second-order valence-corrected chi connectivity index (χ2v) is 6.20. The highest BCUT2D eigenvalue weighted by atomic mass is 32.2. The first-order chi connectivity index (χ1) is 10.8. The number of hydrogen-bond acceptors (Lipinski definition) is 5. The van der Waals surface area contributed by atoms with Crippen molar-refractivity contribution in [1.29, 1.82) is 0 Å². The maximum Gasteiger partial charge on any atom is 0.248 e. The van der Waals surface area contributed by atoms with E-state index >= 15 is 0 Å². The Labute approximate surface area is 132 Å². The summed E-state index contributed by atoms with van der Waals surface area (Å²) >= 11 is 0. The molecule has 0 saturated carbocycles. The van der Waals surface area contributed by atoms with Crippen LogP contribution in [0.5, 0.6) is 11.5 Å². The van der Waals surface area contributed by atoms with Crippen LogP contribution in [0.1, 0.15) is 5.56 Å². The summed E-state index contributed by atoms with van der Waals surface area (Å²) in [5.41, 5.74) is 0.931. The van der Waals surface area contributed by atoms with Gasteiger partial charge in [0.05, 0.1) is 4.90 Å². The Balaban J connectivity index is 2.04. The number of carbonyl (C=O) groups is 1. The fourth-order valence-corrected chi connectivity index (χ4v) is 2.24. The molecule has 0 spiro atoms. The molecule has 0 aliphatic rings. The van der Waals surface area contributed by atoms with Crippen LogP contribution in [0.15, 0.2) is 53.4 Å². The van der Waals surface area contributed by atoms with Crippen LogP contribution in [0.25, 0.3) is 6.08 Å². The van der Waals surface area contributed by atoms with Crippen molar-refractivity contribution in [3.63, 3.8) is 0 Å². The molecule has 0 radical (unpaired) electrons. The molecular weight excluding hydrogens is 320 g/mol. The van der Waals surface area contributed by atoms with Crippen LogP contribution in [0.3, 0.4) is 0 Å². The van der Waals surface area contributed by atoms with Gasteiger partial charge in [-0.05, 0) is 48.0 Å². The number of rotatable bonds is 4. The maximum absolute atomic E-state index is 11.8. The van der Waals surface area contributed by atoms with E-state index in [9.17, 15) is 23.4 Å². The predicted octanol–water partition coefficient (Wildman–Crippen LogP) is 1.40. The summed E-state index contributed by atoms with van der Waals surface area (Å²) in [5.74, 6) is -0.978. The summed E-state index contributed by atoms with van der Waals surface area (Å²) in [6.07, 6.45) is 2.69. The van der Waals surface area contributed by atoms with Gasteiger partial charge in [0, 0.05) is 11.8 Å². The van der Waals surface area contributed by atoms with E-state index in [1.807, 2.05) is 0 Å². The number of carbonyl (C=O) groups excluding carboxylic acids is 1. The average molecular weight is 334 g/mol. The molecular formula is C15H14N2O5S. The van der Waals surface area contributed by atoms with Crippen LogP contribution in [0, 0.1) is 0 Å². The molecule has 0 saturated heterocycles. The molecule has 0 fully saturated rings. The van der Waals surface area contributed by atoms with Gasteiger partial charge in [0.15, 0.2) is 11.5 Å². The summed E-state index contributed by atoms with van der Waals surface area (Å²) in [6.45, 7) is 0. The zero-order valence-electron chi connectivity index (χ0n) is 11.8. The first kappa shape index (κ1) is 16.5. The number of sulfonamides is 1. The molecule has 23 heavy (non-hydrogen) atoms. The van der Waals surface area contributed by atoms with Crippen molar-refractivity contribution in [2.24, 2.45) is 5.14 Å². The van der Waals surface area contributed by atoms with Crippen LogP contribution in [0.4, 0.5) is 5.69 Å². The zero-order valence-corrected chi connectivity index (χ0v) is 12.6. The minimum absolute atomic E-state index is 0.0504. The highest BCUT2D eigenvalue weighted by Gasteiger charge is 2.07. The van der Waals surface area contributed by atoms with Gasteiger partial charge < -0.3 is 15.5 Å². The van der Waals surface area contributed by atoms with Gasteiger partial charge in [-0.1, -0.05) is 6.07 Å². The summed E-state index contributed by atoms with van der Waals surface area (Å²) in [7, 11) is -3.77. The van der Waals surface area contributed by atoms with Gasteiger partial charge in [0.2, 0.25) is 15.9 Å². The van der Waals surface area contributed by atoms with Crippen molar-refractivity contribution in [3.05, 3.63) is 54.1 Å². The minimum atomic E-state index is -3.77. The van der Waals surface area contributed by atoms with E-state index in [2.05, 4.69) is 5.32 Å². The Kier molecular flexibility index (Phi) is 4.68. The van der Waals surface area contributed by atoms with Crippen LogP contribution >= 0.6 is 0 Å². The molecule has 1 amide bonds. The fourth-order valence-electron chi connectivity index (χ4n) is 1.73. The SMILES string of the molecule is NS(=O)(=O)c1ccc(NC(=O)/C=C/c2ccc(O)c(O)c2)cc1. The summed E-state index contributed by atoms with van der Waals surface area (Å²) in [4.78, 5) is 11.7. The molecule has 120 valence electrons. The molecule has 0 aromatic heterocycles. The largest absolute Gasteiger partial charge is 0.504 e. The average Bonchev–Trinajstić information content (AvgIpc) is 2.48. The summed E-state index contributed by atoms with van der Waals surface area (Å²) in [6, 6.07) is 9.54. The van der Waals surface area contributed by atoms with Crippen LogP contribution in [0.2, 0.25) is 0 Å². The second kappa shape index (κ2) is 6.51. The molecule has 7 nitrogen and oxygen atoms in total. The Hall–Kier alpha value is -2.84. The lowest BCUT2D eigenvalue weighted by Crippen LogP contribution is -2.12. The maximum atomic E-state index is 11.8. The third kappa shape index (κ3) is 4.56. The Morgan fingerprint density at radius 1 is 1.04 bits per heavy atom. The summed E-state index contributed by atoms with van der Waals surface area (Å²) < 4.78 is 22.2. The minimum Gasteiger partial charge on any atom is -0.504 e. The van der Waals surface area contributed by atoms with Gasteiger partial charge in [-0.25, -0.2) is 13.6 Å². The van der Waals surface area contributed by atoms with E-state index in [1.165, 1.54) is 54.6 Å². The number of nitrogens with one attached hydrogen (secondary N) is 1. The number of nitrogens with two attached hydrogens (primary N) is 1. The quantitative estimate of drug-likeness (QED) is 0.496. The van der Waals surface area contributed by atoms with E-state index in [1.54, 1.807) is 0 Å². The van der Waals surface area contributed by atoms with Crippen LogP contribution in [-0.2, 0) is 14.8 Å². The van der Waals surface area contributed by atoms with Crippen molar-refractivity contribution in [1.82, 2.24) is 0 Å². The van der Waals surface area contributed by atoms with Crippen LogP contribution in [-0.4, -0.2) is 24.5 Å². The van der Waals surface area contributed by atoms with E-state index in [4.69, 9.17) is 5.14 Å². The molecule has 0 bridgehead atoms. The van der Waals surface area contributed by atoms with Gasteiger partial charge >= 0.3 is 0 Å². The highest BCUT2D eigenvalue weighted by molar-refractivity contribution is 7.89. The van der Waals surface area contributed by atoms with Crippen molar-refractivity contribution in [3.8, 4) is 11.5 Å². The molecule has 0 atom stereocenters. The number of benzene rings is 2. The first-order valence-electron chi connectivity index (χ1n) is 6.39. The number of phenolic OH excluding ortho intramolecular Hbond substituents is 2. The normalized spacial score (nSPS) is 11.5. The number of phenols is 2. The third-order valence-electron chi connectivity index (χ3n) is 2.88. The standard InChI is InChI=1S/C15H14N2O5S/c16-23(21,22)12-5-3-11(4-6-12)17-15(20)8-2-10-1-7-13(18)14(19)9-10/h1-9,18-19H,(H,17,20)(H2,16,21,22)/b8-2+. The lowest BCUT2D eigenvalue weighted by atomic mass is 10.2. The van der Waals surface area contributed by atoms with E-state index in [0.29, 0.717) is 11.3 Å². The van der Waals surface area contributed by atoms with Gasteiger partial charge in [-0.2, -0.15) is 0 Å². The van der Waals surface area contributed by atoms with Crippen molar-refractivity contribution in [2.75, 3.05) is 5.32 Å². The predicted molar refractivity (Wildman–Crippen MR) is 85.3 cm³/mol. The molecule has 2 rings (SSSR count). The smallest absolute Gasteiger partial charge is 0.248 e. The molecule has 2 aromatic rings. The number of hydrogen-bond donors (Lipinski definition) is 4. The number of anilines is 1.